The average Bonchev–Trinajstić information content (AvgIpc) is 3.18. The molecule has 5 nitrogen and oxygen atoms in total. The molecule has 0 spiro atoms. The summed E-state index contributed by atoms with van der Waals surface area (Å²) in [4.78, 5) is 12.0. The summed E-state index contributed by atoms with van der Waals surface area (Å²) in [7, 11) is 0. The Balaban J connectivity index is 1.62. The Morgan fingerprint density at radius 1 is 1.32 bits per heavy atom. The molecule has 2 heterocycles. The lowest BCUT2D eigenvalue weighted by Crippen LogP contribution is -2.19. The summed E-state index contributed by atoms with van der Waals surface area (Å²) in [5.41, 5.74) is 2.76. The quantitative estimate of drug-likeness (QED) is 0.886. The molecule has 1 aromatic carbocycles. The number of benzene rings is 1. The highest BCUT2D eigenvalue weighted by Gasteiger charge is 2.18. The summed E-state index contributed by atoms with van der Waals surface area (Å²) in [6.07, 6.45) is 3.45. The second kappa shape index (κ2) is 7.11. The summed E-state index contributed by atoms with van der Waals surface area (Å²) in [6, 6.07) is 7.80. The molecule has 1 saturated heterocycles. The van der Waals surface area contributed by atoms with Crippen molar-refractivity contribution in [3.63, 3.8) is 0 Å². The third-order valence-electron chi connectivity index (χ3n) is 3.25. The first-order valence-corrected chi connectivity index (χ1v) is 9.28. The van der Waals surface area contributed by atoms with E-state index in [1.54, 1.807) is 10.9 Å². The molecule has 0 aliphatic carbocycles. The molecule has 3 rings (SSSR count). The highest BCUT2D eigenvalue weighted by Crippen LogP contribution is 2.45. The zero-order chi connectivity index (χ0) is 15.4. The van der Waals surface area contributed by atoms with Crippen molar-refractivity contribution in [2.75, 3.05) is 22.1 Å². The molecule has 0 saturated carbocycles. The van der Waals surface area contributed by atoms with E-state index in [-0.39, 0.29) is 6.03 Å². The predicted octanol–water partition coefficient (Wildman–Crippen LogP) is 4.03. The first-order chi connectivity index (χ1) is 10.7. The van der Waals surface area contributed by atoms with E-state index in [1.807, 2.05) is 54.8 Å². The number of amides is 2. The van der Waals surface area contributed by atoms with E-state index >= 15 is 0 Å². The van der Waals surface area contributed by atoms with Crippen LogP contribution in [0.25, 0.3) is 0 Å². The number of urea groups is 1. The molecule has 2 N–H and O–H groups in total. The molecule has 0 radical (unpaired) electrons. The van der Waals surface area contributed by atoms with Crippen molar-refractivity contribution in [1.29, 1.82) is 0 Å². The fourth-order valence-corrected chi connectivity index (χ4v) is 5.05. The van der Waals surface area contributed by atoms with Crippen molar-refractivity contribution >= 4 is 40.9 Å². The highest BCUT2D eigenvalue weighted by molar-refractivity contribution is 8.19. The molecule has 1 aliphatic heterocycles. The van der Waals surface area contributed by atoms with E-state index in [2.05, 4.69) is 21.8 Å². The van der Waals surface area contributed by atoms with Gasteiger partial charge in [0.25, 0.3) is 0 Å². The van der Waals surface area contributed by atoms with Gasteiger partial charge in [0.05, 0.1) is 16.5 Å². The Morgan fingerprint density at radius 2 is 2.09 bits per heavy atom. The van der Waals surface area contributed by atoms with Gasteiger partial charge in [0.15, 0.2) is 0 Å². The van der Waals surface area contributed by atoms with E-state index in [0.29, 0.717) is 10.3 Å². The fourth-order valence-electron chi connectivity index (χ4n) is 2.21. The molecule has 0 unspecified atom stereocenters. The second-order valence-corrected chi connectivity index (χ2v) is 7.59. The van der Waals surface area contributed by atoms with E-state index in [4.69, 9.17) is 0 Å². The normalized spacial score (nSPS) is 15.0. The molecule has 2 amide bonds. The van der Waals surface area contributed by atoms with Crippen LogP contribution in [0.3, 0.4) is 0 Å². The van der Waals surface area contributed by atoms with E-state index in [1.165, 1.54) is 17.1 Å². The zero-order valence-corrected chi connectivity index (χ0v) is 13.9. The van der Waals surface area contributed by atoms with Crippen LogP contribution in [0.4, 0.5) is 16.2 Å². The van der Waals surface area contributed by atoms with Gasteiger partial charge in [0, 0.05) is 29.9 Å². The van der Waals surface area contributed by atoms with Crippen LogP contribution in [0.5, 0.6) is 0 Å². The van der Waals surface area contributed by atoms with Crippen molar-refractivity contribution in [2.45, 2.75) is 18.1 Å². The van der Waals surface area contributed by atoms with Crippen LogP contribution < -0.4 is 10.6 Å². The molecule has 0 atom stereocenters. The summed E-state index contributed by atoms with van der Waals surface area (Å²) in [5, 5.41) is 9.80. The molecule has 2 aromatic rings. The maximum atomic E-state index is 12.0. The Hall–Kier alpha value is -1.60. The highest BCUT2D eigenvalue weighted by atomic mass is 32.2. The van der Waals surface area contributed by atoms with Gasteiger partial charge < -0.3 is 10.6 Å². The monoisotopic (exact) mass is 334 g/mol. The fraction of sp³-hybridized carbons (Fsp3) is 0.333. The van der Waals surface area contributed by atoms with Crippen LogP contribution in [0.1, 0.15) is 17.1 Å². The van der Waals surface area contributed by atoms with Crippen LogP contribution in [0.15, 0.2) is 36.7 Å². The summed E-state index contributed by atoms with van der Waals surface area (Å²) in [5.74, 6) is 2.38. The smallest absolute Gasteiger partial charge is 0.308 e. The number of nitrogens with one attached hydrogen (secondary N) is 2. The maximum absolute atomic E-state index is 12.0. The van der Waals surface area contributed by atoms with Gasteiger partial charge in [-0.2, -0.15) is 5.10 Å². The number of aryl methyl sites for hydroxylation is 1. The largest absolute Gasteiger partial charge is 0.323 e. The Bertz CT molecular complexity index is 652. The first-order valence-electron chi connectivity index (χ1n) is 7.18. The number of carbonyl (C=O) groups excluding carboxylic acids is 1. The van der Waals surface area contributed by atoms with Gasteiger partial charge in [0.1, 0.15) is 0 Å². The predicted molar refractivity (Wildman–Crippen MR) is 94.6 cm³/mol. The Labute approximate surface area is 138 Å². The minimum absolute atomic E-state index is 0.250. The van der Waals surface area contributed by atoms with Gasteiger partial charge >= 0.3 is 6.03 Å². The topological polar surface area (TPSA) is 59.0 Å². The lowest BCUT2D eigenvalue weighted by atomic mass is 10.2. The number of anilines is 2. The zero-order valence-electron chi connectivity index (χ0n) is 12.3. The van der Waals surface area contributed by atoms with E-state index in [9.17, 15) is 4.79 Å². The van der Waals surface area contributed by atoms with E-state index in [0.717, 1.165) is 12.2 Å². The lowest BCUT2D eigenvalue weighted by Gasteiger charge is -2.11. The maximum Gasteiger partial charge on any atom is 0.323 e. The molecule has 116 valence electrons. The molecular formula is C15H18N4OS2. The minimum Gasteiger partial charge on any atom is -0.308 e. The summed E-state index contributed by atoms with van der Waals surface area (Å²) in [6.45, 7) is 2.78. The number of rotatable bonds is 4. The molecule has 0 bridgehead atoms. The van der Waals surface area contributed by atoms with Gasteiger partial charge in [-0.25, -0.2) is 4.79 Å². The molecule has 7 heteroatoms. The molecule has 1 aliphatic rings. The molecular weight excluding hydrogens is 316 g/mol. The van der Waals surface area contributed by atoms with Crippen molar-refractivity contribution in [3.05, 3.63) is 42.2 Å². The van der Waals surface area contributed by atoms with Crippen LogP contribution in [0.2, 0.25) is 0 Å². The number of thioether (sulfide) groups is 2. The van der Waals surface area contributed by atoms with Crippen molar-refractivity contribution in [3.8, 4) is 0 Å². The van der Waals surface area contributed by atoms with Crippen molar-refractivity contribution in [1.82, 2.24) is 9.78 Å². The Morgan fingerprint density at radius 3 is 2.82 bits per heavy atom. The van der Waals surface area contributed by atoms with Gasteiger partial charge in [-0.1, -0.05) is 12.1 Å². The molecule has 1 fully saturated rings. The summed E-state index contributed by atoms with van der Waals surface area (Å²) >= 11 is 3.91. The third-order valence-corrected chi connectivity index (χ3v) is 6.36. The second-order valence-electron chi connectivity index (χ2n) is 4.86. The number of carbonyl (C=O) groups is 1. The lowest BCUT2D eigenvalue weighted by molar-refractivity contribution is 0.262. The number of nitrogens with zero attached hydrogens (tertiary/aromatic N) is 2. The van der Waals surface area contributed by atoms with Crippen LogP contribution in [0, 0.1) is 0 Å². The Kier molecular flexibility index (Phi) is 4.94. The van der Waals surface area contributed by atoms with Gasteiger partial charge in [-0.3, -0.25) is 4.68 Å². The standard InChI is InChI=1S/C15H18N4OS2/c1-2-19-10-13(9-16-19)18-15(20)17-12-5-3-4-11(8-12)14-21-6-7-22-14/h3-5,8-10,14H,2,6-7H2,1H3,(H2,17,18,20). The van der Waals surface area contributed by atoms with Crippen LogP contribution in [-0.4, -0.2) is 27.3 Å². The molecule has 22 heavy (non-hydrogen) atoms. The van der Waals surface area contributed by atoms with Gasteiger partial charge in [0.2, 0.25) is 0 Å². The number of hydrogen-bond donors (Lipinski definition) is 2. The van der Waals surface area contributed by atoms with Gasteiger partial charge in [-0.15, -0.1) is 23.5 Å². The van der Waals surface area contributed by atoms with Crippen LogP contribution in [-0.2, 0) is 6.54 Å². The SMILES string of the molecule is CCn1cc(NC(=O)Nc2cccc(C3SCCS3)c2)cn1. The van der Waals surface area contributed by atoms with E-state index < -0.39 is 0 Å². The van der Waals surface area contributed by atoms with Gasteiger partial charge in [-0.05, 0) is 24.6 Å². The number of aromatic nitrogens is 2. The minimum atomic E-state index is -0.250. The third kappa shape index (κ3) is 3.78. The molecule has 1 aromatic heterocycles. The average molecular weight is 334 g/mol. The van der Waals surface area contributed by atoms with Crippen LogP contribution >= 0.6 is 23.5 Å². The van der Waals surface area contributed by atoms with Crippen molar-refractivity contribution < 1.29 is 4.79 Å². The number of hydrogen-bond acceptors (Lipinski definition) is 4. The first kappa shape index (κ1) is 15.3. The van der Waals surface area contributed by atoms with Crippen molar-refractivity contribution in [2.24, 2.45) is 0 Å². The summed E-state index contributed by atoms with van der Waals surface area (Å²) < 4.78 is 2.25.